The van der Waals surface area contributed by atoms with E-state index in [1.807, 2.05) is 6.92 Å². The molecule has 0 aromatic carbocycles. The first-order valence-electron chi connectivity index (χ1n) is 4.98. The third-order valence-electron chi connectivity index (χ3n) is 2.63. The van der Waals surface area contributed by atoms with Gasteiger partial charge >= 0.3 is 5.97 Å². The standard InChI is InChI=1S/C10H14N2O2/c1-7-9(6-11-12-7)10(13)14-8-4-2-3-5-8/h6,8H,2-5H2,1H3,(H,11,12). The van der Waals surface area contributed by atoms with E-state index in [1.165, 1.54) is 19.0 Å². The van der Waals surface area contributed by atoms with Crippen molar-refractivity contribution in [1.82, 2.24) is 10.2 Å². The Morgan fingerprint density at radius 1 is 1.57 bits per heavy atom. The summed E-state index contributed by atoms with van der Waals surface area (Å²) in [6.07, 6.45) is 5.99. The molecule has 4 nitrogen and oxygen atoms in total. The molecule has 1 saturated carbocycles. The van der Waals surface area contributed by atoms with Gasteiger partial charge in [0.1, 0.15) is 11.7 Å². The summed E-state index contributed by atoms with van der Waals surface area (Å²) in [6.45, 7) is 1.82. The lowest BCUT2D eigenvalue weighted by Crippen LogP contribution is -2.14. The van der Waals surface area contributed by atoms with Gasteiger partial charge < -0.3 is 4.74 Å². The Morgan fingerprint density at radius 3 is 2.86 bits per heavy atom. The van der Waals surface area contributed by atoms with Crippen LogP contribution in [0, 0.1) is 6.92 Å². The Bertz CT molecular complexity index is 327. The fraction of sp³-hybridized carbons (Fsp3) is 0.600. The summed E-state index contributed by atoms with van der Waals surface area (Å²) < 4.78 is 5.34. The van der Waals surface area contributed by atoms with Crippen LogP contribution in [0.4, 0.5) is 0 Å². The van der Waals surface area contributed by atoms with Gasteiger partial charge in [-0.25, -0.2) is 4.79 Å². The predicted molar refractivity (Wildman–Crippen MR) is 51.0 cm³/mol. The van der Waals surface area contributed by atoms with Crippen LogP contribution in [0.2, 0.25) is 0 Å². The molecule has 1 aliphatic carbocycles. The molecule has 1 aliphatic rings. The predicted octanol–water partition coefficient (Wildman–Crippen LogP) is 1.82. The number of nitrogens with zero attached hydrogens (tertiary/aromatic N) is 1. The van der Waals surface area contributed by atoms with Crippen molar-refractivity contribution < 1.29 is 9.53 Å². The van der Waals surface area contributed by atoms with Gasteiger partial charge in [-0.15, -0.1) is 0 Å². The minimum absolute atomic E-state index is 0.122. The van der Waals surface area contributed by atoms with E-state index >= 15 is 0 Å². The number of hydrogen-bond donors (Lipinski definition) is 1. The van der Waals surface area contributed by atoms with E-state index in [0.29, 0.717) is 5.56 Å². The van der Waals surface area contributed by atoms with Crippen molar-refractivity contribution in [3.63, 3.8) is 0 Å². The first-order chi connectivity index (χ1) is 6.77. The Labute approximate surface area is 82.7 Å². The highest BCUT2D eigenvalue weighted by atomic mass is 16.5. The van der Waals surface area contributed by atoms with Gasteiger partial charge in [-0.2, -0.15) is 5.10 Å². The summed E-state index contributed by atoms with van der Waals surface area (Å²) in [6, 6.07) is 0. The number of H-pyrrole nitrogens is 1. The van der Waals surface area contributed by atoms with Crippen LogP contribution in [-0.2, 0) is 4.74 Å². The molecule has 1 aromatic rings. The van der Waals surface area contributed by atoms with Gasteiger partial charge in [-0.1, -0.05) is 0 Å². The minimum atomic E-state index is -0.247. The highest BCUT2D eigenvalue weighted by molar-refractivity contribution is 5.90. The largest absolute Gasteiger partial charge is 0.459 e. The molecule has 1 heterocycles. The van der Waals surface area contributed by atoms with Gasteiger partial charge in [0.25, 0.3) is 0 Å². The number of rotatable bonds is 2. The number of aromatic amines is 1. The zero-order valence-electron chi connectivity index (χ0n) is 8.25. The average Bonchev–Trinajstić information content (AvgIpc) is 2.75. The molecule has 0 radical (unpaired) electrons. The Morgan fingerprint density at radius 2 is 2.29 bits per heavy atom. The minimum Gasteiger partial charge on any atom is -0.459 e. The van der Waals surface area contributed by atoms with Crippen LogP contribution in [0.25, 0.3) is 0 Å². The summed E-state index contributed by atoms with van der Waals surface area (Å²) in [4.78, 5) is 11.6. The fourth-order valence-electron chi connectivity index (χ4n) is 1.78. The van der Waals surface area contributed by atoms with Crippen LogP contribution in [0.1, 0.15) is 41.7 Å². The molecule has 1 aromatic heterocycles. The maximum atomic E-state index is 11.6. The van der Waals surface area contributed by atoms with Crippen LogP contribution in [0.15, 0.2) is 6.20 Å². The normalized spacial score (nSPS) is 17.2. The van der Waals surface area contributed by atoms with Crippen LogP contribution in [0.3, 0.4) is 0 Å². The molecular weight excluding hydrogens is 180 g/mol. The molecule has 0 spiro atoms. The van der Waals surface area contributed by atoms with E-state index < -0.39 is 0 Å². The maximum absolute atomic E-state index is 11.6. The quantitative estimate of drug-likeness (QED) is 0.730. The zero-order chi connectivity index (χ0) is 9.97. The third kappa shape index (κ3) is 1.78. The molecule has 0 atom stereocenters. The van der Waals surface area contributed by atoms with Crippen molar-refractivity contribution in [3.8, 4) is 0 Å². The highest BCUT2D eigenvalue weighted by Crippen LogP contribution is 2.22. The molecule has 1 N–H and O–H groups in total. The molecule has 0 saturated heterocycles. The number of aryl methyl sites for hydroxylation is 1. The number of carbonyl (C=O) groups is 1. The average molecular weight is 194 g/mol. The Balaban J connectivity index is 1.98. The molecule has 0 bridgehead atoms. The summed E-state index contributed by atoms with van der Waals surface area (Å²) in [5.74, 6) is -0.247. The van der Waals surface area contributed by atoms with E-state index in [2.05, 4.69) is 10.2 Å². The van der Waals surface area contributed by atoms with Crippen molar-refractivity contribution in [2.75, 3.05) is 0 Å². The maximum Gasteiger partial charge on any atom is 0.341 e. The second kappa shape index (κ2) is 3.82. The SMILES string of the molecule is Cc1[nH]ncc1C(=O)OC1CCCC1. The van der Waals surface area contributed by atoms with Gasteiger partial charge in [-0.3, -0.25) is 5.10 Å². The molecule has 14 heavy (non-hydrogen) atoms. The number of hydrogen-bond acceptors (Lipinski definition) is 3. The number of nitrogens with one attached hydrogen (secondary N) is 1. The Hall–Kier alpha value is -1.32. The van der Waals surface area contributed by atoms with E-state index in [4.69, 9.17) is 4.74 Å². The third-order valence-corrected chi connectivity index (χ3v) is 2.63. The number of aromatic nitrogens is 2. The van der Waals surface area contributed by atoms with E-state index in [1.54, 1.807) is 0 Å². The molecule has 0 unspecified atom stereocenters. The lowest BCUT2D eigenvalue weighted by Gasteiger charge is -2.10. The lowest BCUT2D eigenvalue weighted by atomic mass is 10.2. The second-order valence-corrected chi connectivity index (χ2v) is 3.72. The summed E-state index contributed by atoms with van der Waals surface area (Å²) in [7, 11) is 0. The smallest absolute Gasteiger partial charge is 0.341 e. The number of carbonyl (C=O) groups excluding carboxylic acids is 1. The molecule has 0 amide bonds. The van der Waals surface area contributed by atoms with Crippen LogP contribution < -0.4 is 0 Å². The summed E-state index contributed by atoms with van der Waals surface area (Å²) in [5.41, 5.74) is 1.32. The molecule has 1 fully saturated rings. The molecule has 4 heteroatoms. The van der Waals surface area contributed by atoms with Crippen LogP contribution in [0.5, 0.6) is 0 Å². The van der Waals surface area contributed by atoms with Crippen molar-refractivity contribution >= 4 is 5.97 Å². The van der Waals surface area contributed by atoms with Crippen molar-refractivity contribution in [2.24, 2.45) is 0 Å². The topological polar surface area (TPSA) is 55.0 Å². The first-order valence-corrected chi connectivity index (χ1v) is 4.98. The van der Waals surface area contributed by atoms with E-state index in [0.717, 1.165) is 18.5 Å². The van der Waals surface area contributed by atoms with Crippen LogP contribution in [-0.4, -0.2) is 22.3 Å². The van der Waals surface area contributed by atoms with E-state index in [9.17, 15) is 4.79 Å². The molecule has 2 rings (SSSR count). The highest BCUT2D eigenvalue weighted by Gasteiger charge is 2.21. The number of ether oxygens (including phenoxy) is 1. The van der Waals surface area contributed by atoms with Gasteiger partial charge in [-0.05, 0) is 32.6 Å². The van der Waals surface area contributed by atoms with Crippen molar-refractivity contribution in [2.45, 2.75) is 38.7 Å². The second-order valence-electron chi connectivity index (χ2n) is 3.72. The summed E-state index contributed by atoms with van der Waals surface area (Å²) in [5, 5.41) is 6.52. The van der Waals surface area contributed by atoms with Crippen molar-refractivity contribution in [3.05, 3.63) is 17.5 Å². The van der Waals surface area contributed by atoms with Gasteiger partial charge in [0, 0.05) is 5.69 Å². The van der Waals surface area contributed by atoms with Crippen LogP contribution >= 0.6 is 0 Å². The molecular formula is C10H14N2O2. The van der Waals surface area contributed by atoms with Crippen molar-refractivity contribution in [1.29, 1.82) is 0 Å². The van der Waals surface area contributed by atoms with E-state index in [-0.39, 0.29) is 12.1 Å². The first kappa shape index (κ1) is 9.24. The van der Waals surface area contributed by atoms with Gasteiger partial charge in [0.15, 0.2) is 0 Å². The molecule has 76 valence electrons. The zero-order valence-corrected chi connectivity index (χ0v) is 8.25. The molecule has 0 aliphatic heterocycles. The van der Waals surface area contributed by atoms with Gasteiger partial charge in [0.2, 0.25) is 0 Å². The lowest BCUT2D eigenvalue weighted by molar-refractivity contribution is 0.0317. The fourth-order valence-corrected chi connectivity index (χ4v) is 1.78. The Kier molecular flexibility index (Phi) is 2.52. The van der Waals surface area contributed by atoms with Gasteiger partial charge in [0.05, 0.1) is 6.20 Å². The summed E-state index contributed by atoms with van der Waals surface area (Å²) >= 11 is 0. The monoisotopic (exact) mass is 194 g/mol. The number of esters is 1.